The quantitative estimate of drug-likeness (QED) is 0.126. The van der Waals surface area contributed by atoms with Crippen molar-refractivity contribution in [2.75, 3.05) is 0 Å². The van der Waals surface area contributed by atoms with Crippen LogP contribution in [0.4, 0.5) is 0 Å². The van der Waals surface area contributed by atoms with Crippen LogP contribution < -0.4 is 0 Å². The minimum atomic E-state index is 1.13. The zero-order chi connectivity index (χ0) is 30.2. The number of hydrogen-bond acceptors (Lipinski definition) is 0. The second-order valence-electron chi connectivity index (χ2n) is 12.4. The molecule has 0 aliphatic rings. The van der Waals surface area contributed by atoms with Crippen molar-refractivity contribution in [3.8, 4) is 0 Å². The molecule has 0 atom stereocenters. The molecule has 0 rings (SSSR count). The molecule has 1 radical (unpaired) electrons. The number of rotatable bonds is 21. The third-order valence-corrected chi connectivity index (χ3v) is 7.63. The molecule has 40 heavy (non-hydrogen) atoms. The summed E-state index contributed by atoms with van der Waals surface area (Å²) < 4.78 is 0. The van der Waals surface area contributed by atoms with E-state index in [9.17, 15) is 0 Å². The van der Waals surface area contributed by atoms with E-state index < -0.39 is 0 Å². The van der Waals surface area contributed by atoms with Crippen LogP contribution in [0.15, 0.2) is 93.2 Å². The van der Waals surface area contributed by atoms with Gasteiger partial charge in [0.15, 0.2) is 0 Å². The van der Waals surface area contributed by atoms with Crippen LogP contribution in [0.2, 0.25) is 0 Å². The van der Waals surface area contributed by atoms with Crippen molar-refractivity contribution in [3.05, 3.63) is 100 Å². The minimum Gasteiger partial charge on any atom is -0.0856 e. The maximum Gasteiger partial charge on any atom is -0.0288 e. The Morgan fingerprint density at radius 3 is 0.725 bits per heavy atom. The fourth-order valence-electron chi connectivity index (χ4n) is 4.58. The van der Waals surface area contributed by atoms with Crippen LogP contribution in [0.5, 0.6) is 0 Å². The van der Waals surface area contributed by atoms with Gasteiger partial charge in [-0.1, -0.05) is 93.2 Å². The molecule has 0 nitrogen and oxygen atoms in total. The molecule has 225 valence electrons. The molecule has 0 fully saturated rings. The van der Waals surface area contributed by atoms with Crippen molar-refractivity contribution >= 4 is 0 Å². The first-order valence-electron chi connectivity index (χ1n) is 16.1. The van der Waals surface area contributed by atoms with Gasteiger partial charge in [0.05, 0.1) is 0 Å². The number of hydrogen-bond donors (Lipinski definition) is 0. The summed E-state index contributed by atoms with van der Waals surface area (Å²) in [4.78, 5) is 0. The average molecular weight is 546 g/mol. The highest BCUT2D eigenvalue weighted by Crippen LogP contribution is 2.17. The van der Waals surface area contributed by atoms with Crippen LogP contribution in [0, 0.1) is 6.92 Å². The van der Waals surface area contributed by atoms with Crippen molar-refractivity contribution in [1.29, 1.82) is 0 Å². The van der Waals surface area contributed by atoms with Crippen LogP contribution in [-0.2, 0) is 0 Å². The molecule has 0 aromatic carbocycles. The van der Waals surface area contributed by atoms with Gasteiger partial charge in [-0.15, -0.1) is 0 Å². The van der Waals surface area contributed by atoms with Crippen molar-refractivity contribution in [3.63, 3.8) is 0 Å². The molecule has 0 heteroatoms. The van der Waals surface area contributed by atoms with Gasteiger partial charge in [-0.05, 0) is 159 Å². The van der Waals surface area contributed by atoms with Crippen molar-refractivity contribution in [2.45, 2.75) is 152 Å². The molecule has 0 aliphatic heterocycles. The molecular formula is C40H65. The van der Waals surface area contributed by atoms with Gasteiger partial charge in [-0.3, -0.25) is 0 Å². The maximum atomic E-state index is 3.84. The second kappa shape index (κ2) is 24.7. The van der Waals surface area contributed by atoms with E-state index in [1.807, 2.05) is 6.08 Å². The summed E-state index contributed by atoms with van der Waals surface area (Å²) in [5.74, 6) is 0. The van der Waals surface area contributed by atoms with E-state index in [4.69, 9.17) is 0 Å². The van der Waals surface area contributed by atoms with Gasteiger partial charge in [0.1, 0.15) is 0 Å². The van der Waals surface area contributed by atoms with Gasteiger partial charge in [0, 0.05) is 0 Å². The third-order valence-electron chi connectivity index (χ3n) is 7.63. The fourth-order valence-corrected chi connectivity index (χ4v) is 4.58. The summed E-state index contributed by atoms with van der Waals surface area (Å²) in [5, 5.41) is 0. The monoisotopic (exact) mass is 546 g/mol. The molecule has 0 aromatic heterocycles. The van der Waals surface area contributed by atoms with E-state index in [1.54, 1.807) is 0 Å². The summed E-state index contributed by atoms with van der Waals surface area (Å²) >= 11 is 0. The first kappa shape index (κ1) is 37.9. The molecule has 0 unspecified atom stereocenters. The normalized spacial score (nSPS) is 14.7. The Balaban J connectivity index is 4.17. The molecule has 0 saturated carbocycles. The summed E-state index contributed by atoms with van der Waals surface area (Å²) in [6.45, 7) is 24.1. The first-order valence-corrected chi connectivity index (χ1v) is 16.1. The summed E-state index contributed by atoms with van der Waals surface area (Å²) in [7, 11) is 0. The Morgan fingerprint density at radius 1 is 0.325 bits per heavy atom. The summed E-state index contributed by atoms with van der Waals surface area (Å²) in [5.41, 5.74) is 12.0. The first-order chi connectivity index (χ1) is 19.0. The highest BCUT2D eigenvalue weighted by molar-refractivity contribution is 5.10. The van der Waals surface area contributed by atoms with Crippen LogP contribution in [0.25, 0.3) is 0 Å². The predicted octanol–water partition coefficient (Wildman–Crippen LogP) is 13.9. The zero-order valence-corrected chi connectivity index (χ0v) is 28.2. The summed E-state index contributed by atoms with van der Waals surface area (Å²) in [6, 6.07) is 0. The lowest BCUT2D eigenvalue weighted by molar-refractivity contribution is 0.882. The van der Waals surface area contributed by atoms with Crippen LogP contribution >= 0.6 is 0 Å². The molecule has 0 heterocycles. The SMILES string of the molecule is [CH2]/C=C(\C)CC/C=C(\C)CC/C=C(\C)CC/C=C(\C)CC/C=C(\C)CC/C=C(\C)CC/C=C(\C)CCC=C(C)C. The predicted molar refractivity (Wildman–Crippen MR) is 186 cm³/mol. The summed E-state index contributed by atoms with van der Waals surface area (Å²) in [6.07, 6.45) is 35.3. The smallest absolute Gasteiger partial charge is 0.0288 e. The standard InChI is InChI=1S/C40H65/c1-11-34(4)20-13-22-36(6)24-15-26-38(8)28-17-30-40(10)32-18-31-39(9)29-16-27-37(7)25-14-23-35(5)21-12-19-33(2)3/h11,19,22-23,26-27,30-31H,1,12-18,20-21,24-25,28-29,32H2,2-10H3/b34-11+,35-23+,36-22+,37-27+,38-26+,39-31+,40-30+. The van der Waals surface area contributed by atoms with Crippen LogP contribution in [0.1, 0.15) is 152 Å². The Bertz CT molecular complexity index is 929. The Labute approximate surface area is 251 Å². The highest BCUT2D eigenvalue weighted by Gasteiger charge is 1.96. The second-order valence-corrected chi connectivity index (χ2v) is 12.4. The van der Waals surface area contributed by atoms with E-state index in [2.05, 4.69) is 112 Å². The van der Waals surface area contributed by atoms with Gasteiger partial charge in [-0.2, -0.15) is 0 Å². The van der Waals surface area contributed by atoms with E-state index in [-0.39, 0.29) is 0 Å². The van der Waals surface area contributed by atoms with E-state index in [0.717, 1.165) is 32.1 Å². The lowest BCUT2D eigenvalue weighted by atomic mass is 10.0. The van der Waals surface area contributed by atoms with Gasteiger partial charge in [-0.25, -0.2) is 0 Å². The number of allylic oxidation sites excluding steroid dienone is 16. The highest BCUT2D eigenvalue weighted by atomic mass is 14.0. The Kier molecular flexibility index (Phi) is 23.4. The molecule has 0 N–H and O–H groups in total. The molecule has 0 spiro atoms. The Hall–Kier alpha value is -2.08. The third kappa shape index (κ3) is 24.9. The molecule has 0 aromatic rings. The van der Waals surface area contributed by atoms with E-state index in [1.165, 1.54) is 102 Å². The molecule has 0 amide bonds. The molecule has 0 saturated heterocycles. The van der Waals surface area contributed by atoms with Crippen molar-refractivity contribution < 1.29 is 0 Å². The lowest BCUT2D eigenvalue weighted by Crippen LogP contribution is -1.84. The zero-order valence-electron chi connectivity index (χ0n) is 28.2. The van der Waals surface area contributed by atoms with Gasteiger partial charge in [0.2, 0.25) is 0 Å². The molecular weight excluding hydrogens is 480 g/mol. The van der Waals surface area contributed by atoms with Crippen molar-refractivity contribution in [2.24, 2.45) is 0 Å². The lowest BCUT2D eigenvalue weighted by Gasteiger charge is -2.04. The molecule has 0 bridgehead atoms. The molecule has 0 aliphatic carbocycles. The van der Waals surface area contributed by atoms with E-state index >= 15 is 0 Å². The average Bonchev–Trinajstić information content (AvgIpc) is 2.88. The van der Waals surface area contributed by atoms with Gasteiger partial charge < -0.3 is 0 Å². The van der Waals surface area contributed by atoms with Crippen molar-refractivity contribution in [1.82, 2.24) is 0 Å². The van der Waals surface area contributed by atoms with Crippen LogP contribution in [0.3, 0.4) is 0 Å². The maximum absolute atomic E-state index is 3.84. The largest absolute Gasteiger partial charge is 0.0856 e. The topological polar surface area (TPSA) is 0 Å². The van der Waals surface area contributed by atoms with Gasteiger partial charge >= 0.3 is 0 Å². The minimum absolute atomic E-state index is 1.13. The van der Waals surface area contributed by atoms with Gasteiger partial charge in [0.25, 0.3) is 0 Å². The van der Waals surface area contributed by atoms with Crippen LogP contribution in [-0.4, -0.2) is 0 Å². The van der Waals surface area contributed by atoms with E-state index in [0.29, 0.717) is 0 Å². The fraction of sp³-hybridized carbons (Fsp3) is 0.575. The Morgan fingerprint density at radius 2 is 0.525 bits per heavy atom.